The fourth-order valence-electron chi connectivity index (χ4n) is 3.24. The minimum atomic E-state index is 0.241. The second kappa shape index (κ2) is 7.71. The van der Waals surface area contributed by atoms with Gasteiger partial charge in [-0.3, -0.25) is 4.79 Å². The summed E-state index contributed by atoms with van der Waals surface area (Å²) in [5, 5.41) is 4.17. The third kappa shape index (κ3) is 3.73. The molecule has 0 bridgehead atoms. The Balaban J connectivity index is 1.63. The van der Waals surface area contributed by atoms with Gasteiger partial charge in [-0.05, 0) is 53.4 Å². The van der Waals surface area contributed by atoms with Crippen LogP contribution in [0.15, 0.2) is 35.0 Å². The van der Waals surface area contributed by atoms with Crippen LogP contribution in [0.25, 0.3) is 0 Å². The number of methoxy groups -OCH3 is 2. The van der Waals surface area contributed by atoms with Gasteiger partial charge in [0.15, 0.2) is 0 Å². The molecule has 24 heavy (non-hydrogen) atoms. The van der Waals surface area contributed by atoms with Gasteiger partial charge in [0.05, 0.1) is 14.2 Å². The zero-order valence-corrected chi connectivity index (χ0v) is 15.0. The predicted molar refractivity (Wildman–Crippen MR) is 96.1 cm³/mol. The molecule has 2 aromatic rings. The normalized spacial score (nSPS) is 17.1. The number of hydrogen-bond donors (Lipinski definition) is 0. The Morgan fingerprint density at radius 3 is 2.88 bits per heavy atom. The molecule has 1 aliphatic heterocycles. The van der Waals surface area contributed by atoms with E-state index in [0.717, 1.165) is 43.0 Å². The monoisotopic (exact) mass is 345 g/mol. The molecule has 0 aliphatic carbocycles. The number of likely N-dealkylation sites (tertiary alicyclic amines) is 1. The molecule has 128 valence electrons. The van der Waals surface area contributed by atoms with Crippen molar-refractivity contribution in [3.8, 4) is 11.5 Å². The number of carbonyl (C=O) groups is 1. The number of carbonyl (C=O) groups excluding carboxylic acids is 1. The highest BCUT2D eigenvalue weighted by Crippen LogP contribution is 2.36. The Morgan fingerprint density at radius 1 is 1.29 bits per heavy atom. The number of benzene rings is 1. The molecule has 1 aromatic heterocycles. The van der Waals surface area contributed by atoms with Gasteiger partial charge in [0.1, 0.15) is 11.5 Å². The number of rotatable bonds is 6. The second-order valence-electron chi connectivity index (χ2n) is 6.06. The highest BCUT2D eigenvalue weighted by molar-refractivity contribution is 7.07. The van der Waals surface area contributed by atoms with Crippen LogP contribution >= 0.6 is 11.3 Å². The molecule has 1 aliphatic rings. The first kappa shape index (κ1) is 16.8. The van der Waals surface area contributed by atoms with Gasteiger partial charge in [0, 0.05) is 31.0 Å². The molecule has 1 aromatic carbocycles. The van der Waals surface area contributed by atoms with Gasteiger partial charge >= 0.3 is 0 Å². The van der Waals surface area contributed by atoms with E-state index in [1.54, 1.807) is 25.6 Å². The molecule has 5 heteroatoms. The topological polar surface area (TPSA) is 38.8 Å². The van der Waals surface area contributed by atoms with E-state index in [9.17, 15) is 4.79 Å². The average molecular weight is 345 g/mol. The summed E-state index contributed by atoms with van der Waals surface area (Å²) in [5.41, 5.74) is 2.38. The Morgan fingerprint density at radius 2 is 2.17 bits per heavy atom. The third-order valence-corrected chi connectivity index (χ3v) is 5.36. The molecule has 2 heterocycles. The molecule has 0 spiro atoms. The van der Waals surface area contributed by atoms with Crippen molar-refractivity contribution < 1.29 is 14.3 Å². The van der Waals surface area contributed by atoms with E-state index in [4.69, 9.17) is 9.47 Å². The van der Waals surface area contributed by atoms with Crippen LogP contribution in [0.2, 0.25) is 0 Å². The molecule has 1 atom stereocenters. The van der Waals surface area contributed by atoms with Crippen LogP contribution in [0.3, 0.4) is 0 Å². The van der Waals surface area contributed by atoms with Crippen LogP contribution in [0.4, 0.5) is 0 Å². The number of aryl methyl sites for hydroxylation is 1. The van der Waals surface area contributed by atoms with E-state index < -0.39 is 0 Å². The SMILES string of the molecule is COc1ccc(OC)c([C@@H]2CCN(C(=O)CCc3ccsc3)C2)c1. The van der Waals surface area contributed by atoms with Crippen molar-refractivity contribution in [3.63, 3.8) is 0 Å². The summed E-state index contributed by atoms with van der Waals surface area (Å²) in [6.07, 6.45) is 2.37. The number of hydrogen-bond acceptors (Lipinski definition) is 4. The highest BCUT2D eigenvalue weighted by Gasteiger charge is 2.29. The van der Waals surface area contributed by atoms with Gasteiger partial charge in [0.2, 0.25) is 5.91 Å². The summed E-state index contributed by atoms with van der Waals surface area (Å²) in [6, 6.07) is 7.96. The molecule has 0 saturated carbocycles. The van der Waals surface area contributed by atoms with E-state index >= 15 is 0 Å². The molecule has 1 saturated heterocycles. The van der Waals surface area contributed by atoms with E-state index in [-0.39, 0.29) is 5.91 Å². The Bertz CT molecular complexity index is 684. The van der Waals surface area contributed by atoms with Crippen LogP contribution in [0, 0.1) is 0 Å². The fourth-order valence-corrected chi connectivity index (χ4v) is 3.95. The lowest BCUT2D eigenvalue weighted by Gasteiger charge is -2.18. The molecule has 0 unspecified atom stereocenters. The number of thiophene rings is 1. The summed E-state index contributed by atoms with van der Waals surface area (Å²) < 4.78 is 10.8. The van der Waals surface area contributed by atoms with Gasteiger partial charge < -0.3 is 14.4 Å². The maximum Gasteiger partial charge on any atom is 0.222 e. The second-order valence-corrected chi connectivity index (χ2v) is 6.84. The molecule has 1 amide bonds. The molecule has 1 fully saturated rings. The van der Waals surface area contributed by atoms with Crippen molar-refractivity contribution in [2.24, 2.45) is 0 Å². The van der Waals surface area contributed by atoms with Crippen molar-refractivity contribution in [1.82, 2.24) is 4.90 Å². The first-order valence-corrected chi connectivity index (χ1v) is 9.16. The standard InChI is InChI=1S/C19H23NO3S/c1-22-16-4-5-18(23-2)17(11-16)15-7-9-20(12-15)19(21)6-3-14-8-10-24-13-14/h4-5,8,10-11,13,15H,3,6-7,9,12H2,1-2H3/t15-/m1/s1. The molecule has 4 nitrogen and oxygen atoms in total. The number of ether oxygens (including phenoxy) is 2. The van der Waals surface area contributed by atoms with E-state index in [1.807, 2.05) is 23.1 Å². The zero-order chi connectivity index (χ0) is 16.9. The molecule has 3 rings (SSSR count). The lowest BCUT2D eigenvalue weighted by molar-refractivity contribution is -0.130. The van der Waals surface area contributed by atoms with Gasteiger partial charge in [-0.1, -0.05) is 0 Å². The Kier molecular flexibility index (Phi) is 5.41. The summed E-state index contributed by atoms with van der Waals surface area (Å²) in [7, 11) is 3.35. The van der Waals surface area contributed by atoms with Crippen molar-refractivity contribution in [2.45, 2.75) is 25.2 Å². The van der Waals surface area contributed by atoms with Gasteiger partial charge in [-0.15, -0.1) is 0 Å². The predicted octanol–water partition coefficient (Wildman–Crippen LogP) is 3.71. The summed E-state index contributed by atoms with van der Waals surface area (Å²) in [5.74, 6) is 2.24. The maximum absolute atomic E-state index is 12.5. The number of nitrogens with zero attached hydrogens (tertiary/aromatic N) is 1. The van der Waals surface area contributed by atoms with Gasteiger partial charge in [-0.25, -0.2) is 0 Å². The van der Waals surface area contributed by atoms with E-state index in [0.29, 0.717) is 12.3 Å². The molecular formula is C19H23NO3S. The van der Waals surface area contributed by atoms with Crippen molar-refractivity contribution >= 4 is 17.2 Å². The quantitative estimate of drug-likeness (QED) is 0.801. The van der Waals surface area contributed by atoms with Crippen molar-refractivity contribution in [3.05, 3.63) is 46.2 Å². The maximum atomic E-state index is 12.5. The van der Waals surface area contributed by atoms with Crippen molar-refractivity contribution in [1.29, 1.82) is 0 Å². The summed E-state index contributed by atoms with van der Waals surface area (Å²) in [6.45, 7) is 1.57. The van der Waals surface area contributed by atoms with Gasteiger partial charge in [0.25, 0.3) is 0 Å². The fraction of sp³-hybridized carbons (Fsp3) is 0.421. The van der Waals surface area contributed by atoms with Crippen LogP contribution in [-0.2, 0) is 11.2 Å². The van der Waals surface area contributed by atoms with Crippen molar-refractivity contribution in [2.75, 3.05) is 27.3 Å². The van der Waals surface area contributed by atoms with Crippen LogP contribution in [0.5, 0.6) is 11.5 Å². The van der Waals surface area contributed by atoms with E-state index in [2.05, 4.69) is 16.8 Å². The van der Waals surface area contributed by atoms with Crippen LogP contribution in [-0.4, -0.2) is 38.1 Å². The van der Waals surface area contributed by atoms with Crippen LogP contribution < -0.4 is 9.47 Å². The molecule has 0 radical (unpaired) electrons. The third-order valence-electron chi connectivity index (χ3n) is 4.63. The molecule has 0 N–H and O–H groups in total. The summed E-state index contributed by atoms with van der Waals surface area (Å²) in [4.78, 5) is 14.5. The Labute approximate surface area is 147 Å². The van der Waals surface area contributed by atoms with E-state index in [1.165, 1.54) is 5.56 Å². The lowest BCUT2D eigenvalue weighted by atomic mass is 9.97. The van der Waals surface area contributed by atoms with Gasteiger partial charge in [-0.2, -0.15) is 11.3 Å². The number of amides is 1. The summed E-state index contributed by atoms with van der Waals surface area (Å²) >= 11 is 1.68. The first-order chi connectivity index (χ1) is 11.7. The first-order valence-electron chi connectivity index (χ1n) is 8.22. The lowest BCUT2D eigenvalue weighted by Crippen LogP contribution is -2.28. The minimum Gasteiger partial charge on any atom is -0.497 e. The largest absolute Gasteiger partial charge is 0.497 e. The average Bonchev–Trinajstić information content (AvgIpc) is 3.30. The zero-order valence-electron chi connectivity index (χ0n) is 14.2. The Hall–Kier alpha value is -2.01. The minimum absolute atomic E-state index is 0.241. The highest BCUT2D eigenvalue weighted by atomic mass is 32.1. The van der Waals surface area contributed by atoms with Crippen LogP contribution in [0.1, 0.15) is 29.9 Å². The smallest absolute Gasteiger partial charge is 0.222 e. The molecular weight excluding hydrogens is 322 g/mol.